The second-order valence-corrected chi connectivity index (χ2v) is 6.01. The van der Waals surface area contributed by atoms with E-state index in [1.807, 2.05) is 32.0 Å². The Hall–Kier alpha value is -2.96. The van der Waals surface area contributed by atoms with E-state index < -0.39 is 23.8 Å². The van der Waals surface area contributed by atoms with Crippen molar-refractivity contribution in [3.63, 3.8) is 0 Å². The molecule has 0 aliphatic carbocycles. The maximum absolute atomic E-state index is 13.1. The van der Waals surface area contributed by atoms with Gasteiger partial charge in [-0.1, -0.05) is 12.1 Å². The maximum atomic E-state index is 13.1. The van der Waals surface area contributed by atoms with E-state index >= 15 is 0 Å². The SMILES string of the molecule is Cc1ccc(C)c(Oc2ccc3c(c2)O[C@@H](C(F)(F)F)C(C(=O)O)=C3)c1. The highest BCUT2D eigenvalue weighted by atomic mass is 19.4. The fourth-order valence-corrected chi connectivity index (χ4v) is 2.59. The molecular formula is C19H15F3O4. The molecule has 0 unspecified atom stereocenters. The molecule has 2 aromatic rings. The number of alkyl halides is 3. The number of ether oxygens (including phenoxy) is 2. The van der Waals surface area contributed by atoms with Gasteiger partial charge in [0.1, 0.15) is 17.2 Å². The van der Waals surface area contributed by atoms with Crippen LogP contribution in [0.2, 0.25) is 0 Å². The standard InChI is InChI=1S/C19H15F3O4/c1-10-3-4-11(2)15(7-10)25-13-6-5-12-8-14(18(23)24)17(19(20,21)22)26-16(12)9-13/h3-9,17H,1-2H3,(H,23,24)/t17-/m1/s1. The molecule has 0 spiro atoms. The van der Waals surface area contributed by atoms with Gasteiger partial charge in [0.05, 0.1) is 5.57 Å². The van der Waals surface area contributed by atoms with Crippen LogP contribution in [-0.2, 0) is 4.79 Å². The molecule has 7 heteroatoms. The van der Waals surface area contributed by atoms with E-state index in [1.54, 1.807) is 6.07 Å². The lowest BCUT2D eigenvalue weighted by Gasteiger charge is -2.27. The summed E-state index contributed by atoms with van der Waals surface area (Å²) in [5.74, 6) is -0.880. The summed E-state index contributed by atoms with van der Waals surface area (Å²) in [4.78, 5) is 11.1. The lowest BCUT2D eigenvalue weighted by molar-refractivity contribution is -0.187. The minimum Gasteiger partial charge on any atom is -0.478 e. The van der Waals surface area contributed by atoms with Gasteiger partial charge in [-0.2, -0.15) is 13.2 Å². The van der Waals surface area contributed by atoms with E-state index in [9.17, 15) is 18.0 Å². The average Bonchev–Trinajstić information content (AvgIpc) is 2.56. The number of rotatable bonds is 3. The summed E-state index contributed by atoms with van der Waals surface area (Å²) in [6.45, 7) is 3.75. The monoisotopic (exact) mass is 364 g/mol. The summed E-state index contributed by atoms with van der Waals surface area (Å²) < 4.78 is 50.1. The number of aryl methyl sites for hydroxylation is 2. The van der Waals surface area contributed by atoms with Crippen LogP contribution in [0.5, 0.6) is 17.2 Å². The highest BCUT2D eigenvalue weighted by Gasteiger charge is 2.48. The average molecular weight is 364 g/mol. The molecule has 1 aliphatic rings. The number of carboxylic acids is 1. The highest BCUT2D eigenvalue weighted by molar-refractivity contribution is 5.95. The van der Waals surface area contributed by atoms with Crippen molar-refractivity contribution in [3.8, 4) is 17.2 Å². The van der Waals surface area contributed by atoms with Gasteiger partial charge in [-0.15, -0.1) is 0 Å². The topological polar surface area (TPSA) is 55.8 Å². The lowest BCUT2D eigenvalue weighted by atomic mass is 10.0. The summed E-state index contributed by atoms with van der Waals surface area (Å²) >= 11 is 0. The third-order valence-electron chi connectivity index (χ3n) is 3.94. The summed E-state index contributed by atoms with van der Waals surface area (Å²) in [5, 5.41) is 9.03. The Kier molecular flexibility index (Phi) is 4.39. The van der Waals surface area contributed by atoms with Crippen LogP contribution in [0.25, 0.3) is 6.08 Å². The Morgan fingerprint density at radius 1 is 1.15 bits per heavy atom. The number of aliphatic carboxylic acids is 1. The molecule has 1 aliphatic heterocycles. The van der Waals surface area contributed by atoms with Crippen LogP contribution < -0.4 is 9.47 Å². The normalized spacial score (nSPS) is 16.3. The number of halogens is 3. The number of carbonyl (C=O) groups is 1. The molecule has 0 saturated carbocycles. The summed E-state index contributed by atoms with van der Waals surface area (Å²) in [6, 6.07) is 9.95. The molecule has 1 atom stereocenters. The van der Waals surface area contributed by atoms with Gasteiger partial charge in [0, 0.05) is 11.6 Å². The van der Waals surface area contributed by atoms with Gasteiger partial charge < -0.3 is 14.6 Å². The van der Waals surface area contributed by atoms with Crippen LogP contribution in [0.1, 0.15) is 16.7 Å². The zero-order valence-corrected chi connectivity index (χ0v) is 13.9. The molecule has 136 valence electrons. The van der Waals surface area contributed by atoms with Crippen LogP contribution in [0.3, 0.4) is 0 Å². The van der Waals surface area contributed by atoms with Gasteiger partial charge in [0.25, 0.3) is 0 Å². The Bertz CT molecular complexity index is 900. The first-order chi connectivity index (χ1) is 12.1. The maximum Gasteiger partial charge on any atom is 0.430 e. The minimum absolute atomic E-state index is 0.0832. The molecule has 26 heavy (non-hydrogen) atoms. The zero-order chi connectivity index (χ0) is 19.1. The molecule has 0 aromatic heterocycles. The van der Waals surface area contributed by atoms with E-state index in [2.05, 4.69) is 0 Å². The third-order valence-corrected chi connectivity index (χ3v) is 3.94. The van der Waals surface area contributed by atoms with Crippen molar-refractivity contribution in [2.24, 2.45) is 0 Å². The van der Waals surface area contributed by atoms with Crippen molar-refractivity contribution >= 4 is 12.0 Å². The van der Waals surface area contributed by atoms with Gasteiger partial charge in [-0.05, 0) is 49.2 Å². The van der Waals surface area contributed by atoms with Crippen LogP contribution in [0.15, 0.2) is 42.0 Å². The van der Waals surface area contributed by atoms with Gasteiger partial charge in [-0.25, -0.2) is 4.79 Å². The largest absolute Gasteiger partial charge is 0.478 e. The Morgan fingerprint density at radius 2 is 1.88 bits per heavy atom. The quantitative estimate of drug-likeness (QED) is 0.843. The van der Waals surface area contributed by atoms with Crippen molar-refractivity contribution in [1.82, 2.24) is 0 Å². The smallest absolute Gasteiger partial charge is 0.430 e. The van der Waals surface area contributed by atoms with E-state index in [0.29, 0.717) is 11.5 Å². The molecule has 0 radical (unpaired) electrons. The molecule has 1 N–H and O–H groups in total. The van der Waals surface area contributed by atoms with Gasteiger partial charge in [-0.3, -0.25) is 0 Å². The zero-order valence-electron chi connectivity index (χ0n) is 13.9. The molecule has 4 nitrogen and oxygen atoms in total. The Morgan fingerprint density at radius 3 is 2.54 bits per heavy atom. The predicted molar refractivity (Wildman–Crippen MR) is 88.5 cm³/mol. The van der Waals surface area contributed by atoms with Gasteiger partial charge in [0.2, 0.25) is 6.10 Å². The number of hydrogen-bond acceptors (Lipinski definition) is 3. The van der Waals surface area contributed by atoms with Crippen LogP contribution in [0, 0.1) is 13.8 Å². The third kappa shape index (κ3) is 3.51. The fourth-order valence-electron chi connectivity index (χ4n) is 2.59. The fraction of sp³-hybridized carbons (Fsp3) is 0.211. The van der Waals surface area contributed by atoms with E-state index in [-0.39, 0.29) is 11.3 Å². The lowest BCUT2D eigenvalue weighted by Crippen LogP contribution is -2.40. The number of benzene rings is 2. The van der Waals surface area contributed by atoms with E-state index in [0.717, 1.165) is 17.2 Å². The molecule has 0 amide bonds. The van der Waals surface area contributed by atoms with Crippen molar-refractivity contribution in [1.29, 1.82) is 0 Å². The van der Waals surface area contributed by atoms with Gasteiger partial charge >= 0.3 is 12.1 Å². The summed E-state index contributed by atoms with van der Waals surface area (Å²) in [6.07, 6.45) is -6.39. The van der Waals surface area contributed by atoms with Crippen molar-refractivity contribution in [2.45, 2.75) is 26.1 Å². The Balaban J connectivity index is 1.97. The summed E-state index contributed by atoms with van der Waals surface area (Å²) in [7, 11) is 0. The molecule has 0 saturated heterocycles. The molecular weight excluding hydrogens is 349 g/mol. The van der Waals surface area contributed by atoms with Crippen molar-refractivity contribution in [2.75, 3.05) is 0 Å². The highest BCUT2D eigenvalue weighted by Crippen LogP contribution is 2.39. The first-order valence-electron chi connectivity index (χ1n) is 7.72. The number of fused-ring (bicyclic) bond motifs is 1. The van der Waals surface area contributed by atoms with Gasteiger partial charge in [0.15, 0.2) is 0 Å². The Labute approximate surface area is 147 Å². The van der Waals surface area contributed by atoms with Crippen LogP contribution in [0.4, 0.5) is 13.2 Å². The summed E-state index contributed by atoms with van der Waals surface area (Å²) in [5.41, 5.74) is 1.24. The predicted octanol–water partition coefficient (Wildman–Crippen LogP) is 4.89. The first kappa shape index (κ1) is 17.8. The molecule has 0 bridgehead atoms. The molecule has 0 fully saturated rings. The molecule has 2 aromatic carbocycles. The van der Waals surface area contributed by atoms with Crippen LogP contribution in [-0.4, -0.2) is 23.4 Å². The number of hydrogen-bond donors (Lipinski definition) is 1. The van der Waals surface area contributed by atoms with Crippen molar-refractivity contribution in [3.05, 3.63) is 58.7 Å². The molecule has 1 heterocycles. The number of carboxylic acid groups (broad SMARTS) is 1. The molecule has 3 rings (SSSR count). The van der Waals surface area contributed by atoms with Crippen molar-refractivity contribution < 1.29 is 32.5 Å². The minimum atomic E-state index is -4.84. The second kappa shape index (κ2) is 6.40. The second-order valence-electron chi connectivity index (χ2n) is 6.01. The van der Waals surface area contributed by atoms with E-state index in [1.165, 1.54) is 12.1 Å². The van der Waals surface area contributed by atoms with E-state index in [4.69, 9.17) is 14.6 Å². The van der Waals surface area contributed by atoms with Crippen LogP contribution >= 0.6 is 0 Å². The first-order valence-corrected chi connectivity index (χ1v) is 7.72.